The number of para-hydroxylation sites is 1. The fraction of sp³-hybridized carbons (Fsp3) is 0.333. The third-order valence-electron chi connectivity index (χ3n) is 6.11. The maximum atomic E-state index is 13.3. The highest BCUT2D eigenvalue weighted by molar-refractivity contribution is 5.99. The zero-order valence-corrected chi connectivity index (χ0v) is 21.7. The largest absolute Gasteiger partial charge is 0.416 e. The molecule has 3 rings (SSSR count). The lowest BCUT2D eigenvalue weighted by atomic mass is 10.1. The molecule has 214 valence electrons. The molecule has 0 aliphatic heterocycles. The summed E-state index contributed by atoms with van der Waals surface area (Å²) < 4.78 is 39.0. The van der Waals surface area contributed by atoms with Gasteiger partial charge in [0.25, 0.3) is 0 Å². The number of alkyl halides is 3. The average molecular weight is 560 g/mol. The van der Waals surface area contributed by atoms with Crippen molar-refractivity contribution in [3.8, 4) is 0 Å². The second-order valence-electron chi connectivity index (χ2n) is 9.05. The van der Waals surface area contributed by atoms with Crippen LogP contribution in [-0.4, -0.2) is 66.4 Å². The number of pyridine rings is 1. The Hall–Kier alpha value is -4.07. The summed E-state index contributed by atoms with van der Waals surface area (Å²) in [5, 5.41) is 3.19. The normalized spacial score (nSPS) is 12.2. The molecule has 0 spiro atoms. The van der Waals surface area contributed by atoms with Crippen LogP contribution in [0.5, 0.6) is 0 Å². The number of nitrogens with two attached hydrogens (primary N) is 3. The van der Waals surface area contributed by atoms with Crippen LogP contribution in [0.1, 0.15) is 17.5 Å². The van der Waals surface area contributed by atoms with Gasteiger partial charge in [0, 0.05) is 31.6 Å². The molecule has 0 bridgehead atoms. The molecule has 0 fully saturated rings. The quantitative estimate of drug-likeness (QED) is 0.261. The molecule has 0 saturated carbocycles. The van der Waals surface area contributed by atoms with Gasteiger partial charge in [0.05, 0.1) is 48.5 Å². The number of fused-ring (bicyclic) bond motifs is 1. The van der Waals surface area contributed by atoms with Crippen LogP contribution in [-0.2, 0) is 27.1 Å². The van der Waals surface area contributed by atoms with E-state index in [9.17, 15) is 27.6 Å². The van der Waals surface area contributed by atoms with Crippen molar-refractivity contribution < 1.29 is 27.6 Å². The van der Waals surface area contributed by atoms with E-state index >= 15 is 0 Å². The molecule has 0 aliphatic carbocycles. The number of rotatable bonds is 12. The molecule has 1 atom stereocenters. The SMILES string of the molecule is NCCN(CCN)C(=O)C[C@H](N)C(=O)NCC(=O)N(Cc1ccc(C(F)(F)F)cc1)c1cnc2ccccc2c1. The van der Waals surface area contributed by atoms with E-state index in [-0.39, 0.29) is 39.1 Å². The van der Waals surface area contributed by atoms with E-state index in [4.69, 9.17) is 17.2 Å². The van der Waals surface area contributed by atoms with Gasteiger partial charge in [-0.1, -0.05) is 30.3 Å². The monoisotopic (exact) mass is 559 g/mol. The number of carbonyl (C=O) groups is 3. The van der Waals surface area contributed by atoms with E-state index in [2.05, 4.69) is 10.3 Å². The van der Waals surface area contributed by atoms with Crippen LogP contribution in [0.3, 0.4) is 0 Å². The summed E-state index contributed by atoms with van der Waals surface area (Å²) in [7, 11) is 0. The Bertz CT molecular complexity index is 1310. The molecule has 0 unspecified atom stereocenters. The highest BCUT2D eigenvalue weighted by Gasteiger charge is 2.30. The van der Waals surface area contributed by atoms with Gasteiger partial charge in [-0.3, -0.25) is 19.4 Å². The maximum absolute atomic E-state index is 13.3. The van der Waals surface area contributed by atoms with Crippen molar-refractivity contribution in [1.29, 1.82) is 0 Å². The zero-order chi connectivity index (χ0) is 29.3. The van der Waals surface area contributed by atoms with Crippen molar-refractivity contribution in [1.82, 2.24) is 15.2 Å². The van der Waals surface area contributed by atoms with E-state index in [0.717, 1.165) is 17.5 Å². The van der Waals surface area contributed by atoms with Gasteiger partial charge in [-0.05, 0) is 29.8 Å². The predicted octanol–water partition coefficient (Wildman–Crippen LogP) is 1.37. The number of nitrogens with zero attached hydrogens (tertiary/aromatic N) is 3. The molecule has 40 heavy (non-hydrogen) atoms. The third kappa shape index (κ3) is 8.21. The van der Waals surface area contributed by atoms with Gasteiger partial charge in [0.2, 0.25) is 17.7 Å². The molecule has 13 heteroatoms. The van der Waals surface area contributed by atoms with Gasteiger partial charge in [-0.2, -0.15) is 13.2 Å². The molecule has 0 radical (unpaired) electrons. The minimum absolute atomic E-state index is 0.0788. The van der Waals surface area contributed by atoms with Crippen LogP contribution in [0.15, 0.2) is 60.8 Å². The van der Waals surface area contributed by atoms with E-state index in [0.29, 0.717) is 16.8 Å². The van der Waals surface area contributed by atoms with E-state index in [1.165, 1.54) is 28.1 Å². The molecule has 0 aliphatic rings. The van der Waals surface area contributed by atoms with Gasteiger partial charge in [0.15, 0.2) is 0 Å². The Balaban J connectivity index is 1.75. The number of amides is 3. The second kappa shape index (κ2) is 13.8. The molecule has 10 nitrogen and oxygen atoms in total. The highest BCUT2D eigenvalue weighted by atomic mass is 19.4. The molecule has 3 amide bonds. The van der Waals surface area contributed by atoms with Crippen LogP contribution in [0.25, 0.3) is 10.9 Å². The summed E-state index contributed by atoms with van der Waals surface area (Å²) in [6.07, 6.45) is -3.32. The number of aromatic nitrogens is 1. The van der Waals surface area contributed by atoms with Crippen LogP contribution in [0.4, 0.5) is 18.9 Å². The molecule has 0 saturated heterocycles. The Morgan fingerprint density at radius 1 is 0.950 bits per heavy atom. The maximum Gasteiger partial charge on any atom is 0.416 e. The number of hydrogen-bond donors (Lipinski definition) is 4. The first-order valence-electron chi connectivity index (χ1n) is 12.6. The van der Waals surface area contributed by atoms with Crippen molar-refractivity contribution in [3.63, 3.8) is 0 Å². The Morgan fingerprint density at radius 2 is 1.60 bits per heavy atom. The van der Waals surface area contributed by atoms with E-state index in [1.54, 1.807) is 18.2 Å². The number of nitrogens with one attached hydrogen (secondary N) is 1. The van der Waals surface area contributed by atoms with Crippen LogP contribution in [0.2, 0.25) is 0 Å². The minimum Gasteiger partial charge on any atom is -0.346 e. The lowest BCUT2D eigenvalue weighted by Gasteiger charge is -2.24. The minimum atomic E-state index is -4.49. The van der Waals surface area contributed by atoms with Crippen molar-refractivity contribution in [2.45, 2.75) is 25.2 Å². The summed E-state index contributed by atoms with van der Waals surface area (Å²) in [6, 6.07) is 12.2. The summed E-state index contributed by atoms with van der Waals surface area (Å²) in [6.45, 7) is 0.428. The highest BCUT2D eigenvalue weighted by Crippen LogP contribution is 2.29. The number of carbonyl (C=O) groups excluding carboxylic acids is 3. The molecular formula is C27H32F3N7O3. The Labute approximate surface area is 229 Å². The number of hydrogen-bond acceptors (Lipinski definition) is 7. The van der Waals surface area contributed by atoms with Gasteiger partial charge in [-0.15, -0.1) is 0 Å². The zero-order valence-electron chi connectivity index (χ0n) is 21.7. The predicted molar refractivity (Wildman–Crippen MR) is 145 cm³/mol. The number of benzene rings is 2. The molecule has 7 N–H and O–H groups in total. The molecule has 2 aromatic carbocycles. The van der Waals surface area contributed by atoms with Gasteiger partial charge in [-0.25, -0.2) is 0 Å². The van der Waals surface area contributed by atoms with Crippen molar-refractivity contribution in [3.05, 3.63) is 71.9 Å². The van der Waals surface area contributed by atoms with Gasteiger partial charge in [0.1, 0.15) is 0 Å². The topological polar surface area (TPSA) is 161 Å². The van der Waals surface area contributed by atoms with Crippen LogP contribution in [0, 0.1) is 0 Å². The van der Waals surface area contributed by atoms with Crippen molar-refractivity contribution >= 4 is 34.3 Å². The summed E-state index contributed by atoms with van der Waals surface area (Å²) >= 11 is 0. The summed E-state index contributed by atoms with van der Waals surface area (Å²) in [5.74, 6) is -1.67. The van der Waals surface area contributed by atoms with Crippen LogP contribution < -0.4 is 27.4 Å². The lowest BCUT2D eigenvalue weighted by Crippen LogP contribution is -2.48. The molecule has 1 heterocycles. The average Bonchev–Trinajstić information content (AvgIpc) is 2.93. The standard InChI is InChI=1S/C27H32F3N7O3/c28-27(29,30)20-7-5-18(6-8-20)17-37(21-13-19-3-1-2-4-23(19)34-15-21)25(39)16-35-26(40)22(33)14-24(38)36(11-9-31)12-10-32/h1-8,13,15,22H,9-12,14,16-17,31-33H2,(H,35,40)/t22-/m0/s1. The van der Waals surface area contributed by atoms with Crippen molar-refractivity contribution in [2.75, 3.05) is 37.6 Å². The fourth-order valence-electron chi connectivity index (χ4n) is 3.98. The van der Waals surface area contributed by atoms with E-state index in [1.807, 2.05) is 12.1 Å². The number of anilines is 1. The first-order valence-corrected chi connectivity index (χ1v) is 12.6. The first-order chi connectivity index (χ1) is 19.0. The van der Waals surface area contributed by atoms with E-state index < -0.39 is 42.0 Å². The summed E-state index contributed by atoms with van der Waals surface area (Å²) in [4.78, 5) is 45.5. The molecule has 3 aromatic rings. The fourth-order valence-corrected chi connectivity index (χ4v) is 3.98. The number of halogens is 3. The third-order valence-corrected chi connectivity index (χ3v) is 6.11. The molecular weight excluding hydrogens is 527 g/mol. The smallest absolute Gasteiger partial charge is 0.346 e. The van der Waals surface area contributed by atoms with Gasteiger partial charge < -0.3 is 32.3 Å². The van der Waals surface area contributed by atoms with Crippen LogP contribution >= 0.6 is 0 Å². The first kappa shape index (κ1) is 30.5. The second-order valence-corrected chi connectivity index (χ2v) is 9.05. The Kier molecular flexibility index (Phi) is 10.5. The Morgan fingerprint density at radius 3 is 2.23 bits per heavy atom. The summed E-state index contributed by atoms with van der Waals surface area (Å²) in [5.41, 5.74) is 17.6. The lowest BCUT2D eigenvalue weighted by molar-refractivity contribution is -0.137. The van der Waals surface area contributed by atoms with Crippen molar-refractivity contribution in [2.24, 2.45) is 17.2 Å². The molecule has 1 aromatic heterocycles. The van der Waals surface area contributed by atoms with Gasteiger partial charge >= 0.3 is 6.18 Å².